The first kappa shape index (κ1) is 15.9. The predicted molar refractivity (Wildman–Crippen MR) is 82.1 cm³/mol. The van der Waals surface area contributed by atoms with Crippen molar-refractivity contribution < 1.29 is 13.7 Å². The minimum Gasteiger partial charge on any atom is -0.408 e. The van der Waals surface area contributed by atoms with E-state index in [2.05, 4.69) is 9.97 Å². The van der Waals surface area contributed by atoms with Gasteiger partial charge >= 0.3 is 13.2 Å². The van der Waals surface area contributed by atoms with Gasteiger partial charge in [0.15, 0.2) is 0 Å². The molecule has 0 atom stereocenters. The van der Waals surface area contributed by atoms with Crippen LogP contribution in [-0.2, 0) is 15.7 Å². The van der Waals surface area contributed by atoms with Crippen LogP contribution in [-0.4, -0.2) is 29.8 Å². The fourth-order valence-corrected chi connectivity index (χ4v) is 2.24. The van der Waals surface area contributed by atoms with Gasteiger partial charge in [0.2, 0.25) is 0 Å². The highest BCUT2D eigenvalue weighted by Crippen LogP contribution is 2.16. The summed E-state index contributed by atoms with van der Waals surface area (Å²) < 4.78 is 24.7. The van der Waals surface area contributed by atoms with Crippen molar-refractivity contribution in [2.75, 3.05) is 6.61 Å². The van der Waals surface area contributed by atoms with Crippen LogP contribution >= 0.6 is 0 Å². The van der Waals surface area contributed by atoms with Crippen molar-refractivity contribution in [3.05, 3.63) is 30.0 Å². The molecule has 0 aliphatic heterocycles. The Hall–Kier alpha value is -1.53. The minimum atomic E-state index is -0.704. The molecule has 6 heteroatoms. The smallest absolute Gasteiger partial charge is 0.408 e. The van der Waals surface area contributed by atoms with Gasteiger partial charge in [-0.2, -0.15) is 4.39 Å². The Morgan fingerprint density at radius 2 is 2.05 bits per heavy atom. The second-order valence-electron chi connectivity index (χ2n) is 5.08. The molecular formula is C15H20BFN2O2. The predicted octanol–water partition coefficient (Wildman–Crippen LogP) is 2.49. The molecule has 1 heterocycles. The summed E-state index contributed by atoms with van der Waals surface area (Å²) in [6, 6.07) is 3.87. The van der Waals surface area contributed by atoms with Crippen LogP contribution in [0, 0.1) is 6.08 Å². The Bertz CT molecular complexity index is 622. The van der Waals surface area contributed by atoms with Gasteiger partial charge in [0.1, 0.15) is 0 Å². The summed E-state index contributed by atoms with van der Waals surface area (Å²) in [7, 11) is -0.435. The molecule has 0 unspecified atom stereocenters. The molecule has 0 saturated heterocycles. The molecule has 4 nitrogen and oxygen atoms in total. The average molecular weight is 290 g/mol. The van der Waals surface area contributed by atoms with Crippen molar-refractivity contribution >= 4 is 23.5 Å². The van der Waals surface area contributed by atoms with Gasteiger partial charge in [-0.1, -0.05) is 19.1 Å². The van der Waals surface area contributed by atoms with Crippen molar-refractivity contribution in [1.29, 1.82) is 0 Å². The molecule has 0 aliphatic carbocycles. The highest BCUT2D eigenvalue weighted by atomic mass is 19.1. The van der Waals surface area contributed by atoms with E-state index in [1.165, 1.54) is 6.20 Å². The van der Waals surface area contributed by atoms with E-state index in [9.17, 15) is 4.39 Å². The Kier molecular flexibility index (Phi) is 5.25. The molecule has 2 rings (SSSR count). The lowest BCUT2D eigenvalue weighted by Crippen LogP contribution is -2.39. The molecule has 2 aromatic rings. The Balaban J connectivity index is 2.50. The molecule has 0 saturated carbocycles. The van der Waals surface area contributed by atoms with Gasteiger partial charge in [0.25, 0.3) is 0 Å². The third-order valence-corrected chi connectivity index (χ3v) is 3.12. The van der Waals surface area contributed by atoms with E-state index >= 15 is 0 Å². The average Bonchev–Trinajstić information content (AvgIpc) is 2.45. The zero-order chi connectivity index (χ0) is 15.4. The van der Waals surface area contributed by atoms with Gasteiger partial charge < -0.3 is 9.31 Å². The van der Waals surface area contributed by atoms with E-state index in [-0.39, 0.29) is 6.10 Å². The van der Waals surface area contributed by atoms with Gasteiger partial charge in [0.05, 0.1) is 5.52 Å². The summed E-state index contributed by atoms with van der Waals surface area (Å²) in [5.41, 5.74) is 2.51. The third kappa shape index (κ3) is 3.77. The number of nitrogens with zero attached hydrogens (tertiary/aromatic N) is 2. The lowest BCUT2D eigenvalue weighted by atomic mass is 9.76. The normalized spacial score (nSPS) is 11.3. The minimum absolute atomic E-state index is 0.0480. The van der Waals surface area contributed by atoms with Crippen LogP contribution in [0.3, 0.4) is 0 Å². The molecule has 0 aliphatic rings. The lowest BCUT2D eigenvalue weighted by Gasteiger charge is -2.18. The number of halogens is 1. The van der Waals surface area contributed by atoms with Gasteiger partial charge in [-0.25, -0.2) is 9.97 Å². The fourth-order valence-electron chi connectivity index (χ4n) is 2.24. The molecule has 0 fully saturated rings. The first-order valence-electron chi connectivity index (χ1n) is 7.27. The summed E-state index contributed by atoms with van der Waals surface area (Å²) in [6.45, 7) is 8.42. The van der Waals surface area contributed by atoms with Crippen LogP contribution in [0.2, 0.25) is 0 Å². The van der Waals surface area contributed by atoms with Crippen LogP contribution < -0.4 is 5.46 Å². The zero-order valence-electron chi connectivity index (χ0n) is 12.9. The summed E-state index contributed by atoms with van der Waals surface area (Å²) in [6.07, 6.45) is 1.59. The first-order chi connectivity index (χ1) is 10.0. The highest BCUT2D eigenvalue weighted by molar-refractivity contribution is 6.61. The number of hydrogen-bond acceptors (Lipinski definition) is 4. The summed E-state index contributed by atoms with van der Waals surface area (Å²) in [5, 5.41) is 0.794. The van der Waals surface area contributed by atoms with E-state index in [4.69, 9.17) is 9.31 Å². The Morgan fingerprint density at radius 3 is 2.67 bits per heavy atom. The van der Waals surface area contributed by atoms with Gasteiger partial charge in [-0.15, -0.1) is 0 Å². The molecule has 0 amide bonds. The number of hydrogen-bond donors (Lipinski definition) is 0. The van der Waals surface area contributed by atoms with Crippen LogP contribution in [0.4, 0.5) is 4.39 Å². The molecule has 1 aromatic carbocycles. The second-order valence-corrected chi connectivity index (χ2v) is 5.08. The van der Waals surface area contributed by atoms with Crippen molar-refractivity contribution in [2.24, 2.45) is 0 Å². The van der Waals surface area contributed by atoms with Crippen molar-refractivity contribution in [2.45, 2.75) is 40.2 Å². The SMILES string of the molecule is CCOB(OC(C)C)c1cc(CC)c2nc(F)ncc2c1. The Morgan fingerprint density at radius 1 is 1.29 bits per heavy atom. The molecule has 0 N–H and O–H groups in total. The van der Waals surface area contributed by atoms with E-state index in [1.54, 1.807) is 0 Å². The standard InChI is InChI=1S/C15H20BFN2O2/c1-5-11-7-13(16(20-6-2)21-10(3)4)8-12-9-18-15(17)19-14(11)12/h7-10H,5-6H2,1-4H3. The van der Waals surface area contributed by atoms with Crippen LogP contribution in [0.25, 0.3) is 10.9 Å². The Labute approximate surface area is 124 Å². The number of benzene rings is 1. The van der Waals surface area contributed by atoms with Gasteiger partial charge in [0, 0.05) is 24.3 Å². The van der Waals surface area contributed by atoms with Crippen molar-refractivity contribution in [1.82, 2.24) is 9.97 Å². The molecule has 1 aromatic heterocycles. The molecule has 112 valence electrons. The molecule has 0 spiro atoms. The van der Waals surface area contributed by atoms with E-state index in [0.717, 1.165) is 22.8 Å². The van der Waals surface area contributed by atoms with E-state index < -0.39 is 13.2 Å². The van der Waals surface area contributed by atoms with Gasteiger partial charge in [-0.3, -0.25) is 0 Å². The first-order valence-corrected chi connectivity index (χ1v) is 7.27. The molecular weight excluding hydrogens is 270 g/mol. The molecule has 0 bridgehead atoms. The number of aromatic nitrogens is 2. The number of fused-ring (bicyclic) bond motifs is 1. The van der Waals surface area contributed by atoms with E-state index in [0.29, 0.717) is 12.1 Å². The van der Waals surface area contributed by atoms with Gasteiger partial charge in [-0.05, 0) is 38.2 Å². The summed E-state index contributed by atoms with van der Waals surface area (Å²) in [5.74, 6) is 0. The molecule has 21 heavy (non-hydrogen) atoms. The molecule has 0 radical (unpaired) electrons. The second kappa shape index (κ2) is 6.96. The fraction of sp³-hybridized carbons (Fsp3) is 0.467. The monoisotopic (exact) mass is 290 g/mol. The summed E-state index contributed by atoms with van der Waals surface area (Å²) in [4.78, 5) is 7.53. The topological polar surface area (TPSA) is 44.2 Å². The summed E-state index contributed by atoms with van der Waals surface area (Å²) >= 11 is 0. The maximum absolute atomic E-state index is 13.2. The largest absolute Gasteiger partial charge is 0.494 e. The van der Waals surface area contributed by atoms with Crippen molar-refractivity contribution in [3.8, 4) is 0 Å². The maximum atomic E-state index is 13.2. The maximum Gasteiger partial charge on any atom is 0.494 e. The van der Waals surface area contributed by atoms with Crippen molar-refractivity contribution in [3.63, 3.8) is 0 Å². The number of rotatable bonds is 6. The van der Waals surface area contributed by atoms with Crippen LogP contribution in [0.5, 0.6) is 0 Å². The zero-order valence-corrected chi connectivity index (χ0v) is 12.9. The third-order valence-electron chi connectivity index (χ3n) is 3.12. The lowest BCUT2D eigenvalue weighted by molar-refractivity contribution is 0.172. The van der Waals surface area contributed by atoms with Crippen LogP contribution in [0.15, 0.2) is 18.3 Å². The van der Waals surface area contributed by atoms with Crippen LogP contribution in [0.1, 0.15) is 33.3 Å². The number of aryl methyl sites for hydroxylation is 1. The quantitative estimate of drug-likeness (QED) is 0.605. The highest BCUT2D eigenvalue weighted by Gasteiger charge is 2.23. The van der Waals surface area contributed by atoms with E-state index in [1.807, 2.05) is 39.8 Å².